The van der Waals surface area contributed by atoms with E-state index in [0.717, 1.165) is 6.07 Å². The molecule has 0 saturated heterocycles. The van der Waals surface area contributed by atoms with Gasteiger partial charge in [0.15, 0.2) is 11.6 Å². The van der Waals surface area contributed by atoms with Gasteiger partial charge in [0, 0.05) is 18.2 Å². The van der Waals surface area contributed by atoms with Crippen LogP contribution < -0.4 is 5.32 Å². The number of aromatic nitrogens is 2. The van der Waals surface area contributed by atoms with Gasteiger partial charge in [0.25, 0.3) is 0 Å². The van der Waals surface area contributed by atoms with Gasteiger partial charge in [-0.25, -0.2) is 23.1 Å². The van der Waals surface area contributed by atoms with E-state index in [-0.39, 0.29) is 11.5 Å². The maximum atomic E-state index is 13.4. The van der Waals surface area contributed by atoms with Crippen molar-refractivity contribution in [1.29, 1.82) is 0 Å². The van der Waals surface area contributed by atoms with Crippen molar-refractivity contribution in [2.45, 2.75) is 6.92 Å². The zero-order valence-corrected chi connectivity index (χ0v) is 10.7. The van der Waals surface area contributed by atoms with Crippen LogP contribution in [0.3, 0.4) is 0 Å². The number of hydrogen-bond donors (Lipinski definition) is 1. The first-order valence-corrected chi connectivity index (χ1v) is 5.68. The minimum Gasteiger partial charge on any atom is -0.338 e. The molecule has 2 aromatic rings. The highest BCUT2D eigenvalue weighted by Gasteiger charge is 2.10. The van der Waals surface area contributed by atoms with Crippen molar-refractivity contribution in [3.8, 4) is 0 Å². The third-order valence-corrected chi connectivity index (χ3v) is 2.49. The van der Waals surface area contributed by atoms with Crippen LogP contribution in [0.5, 0.6) is 0 Å². The number of halogens is 4. The fourth-order valence-corrected chi connectivity index (χ4v) is 1.83. The summed E-state index contributed by atoms with van der Waals surface area (Å²) in [5.41, 5.74) is -0.195. The number of nitrogens with one attached hydrogen (secondary N) is 1. The Hall–Kier alpha value is -1.63. The normalized spacial score (nSPS) is 10.5. The van der Waals surface area contributed by atoms with E-state index in [0.29, 0.717) is 16.5 Å². The molecule has 0 spiro atoms. The maximum absolute atomic E-state index is 13.4. The molecule has 1 N–H and O–H groups in total. The third kappa shape index (κ3) is 2.79. The molecule has 1 aromatic carbocycles. The minimum atomic E-state index is -1.24. The van der Waals surface area contributed by atoms with Gasteiger partial charge in [0.05, 0.1) is 5.69 Å². The maximum Gasteiger partial charge on any atom is 0.161 e. The van der Waals surface area contributed by atoms with E-state index in [4.69, 9.17) is 0 Å². The molecule has 0 atom stereocenters. The molecule has 0 amide bonds. The van der Waals surface area contributed by atoms with Gasteiger partial charge in [0.1, 0.15) is 22.1 Å². The van der Waals surface area contributed by atoms with Gasteiger partial charge in [-0.15, -0.1) is 0 Å². The first-order valence-electron chi connectivity index (χ1n) is 4.88. The van der Waals surface area contributed by atoms with Crippen molar-refractivity contribution in [2.75, 3.05) is 5.32 Å². The third-order valence-electron chi connectivity index (χ3n) is 2.08. The highest BCUT2D eigenvalue weighted by molar-refractivity contribution is 9.10. The topological polar surface area (TPSA) is 37.8 Å². The lowest BCUT2D eigenvalue weighted by atomic mass is 10.3. The van der Waals surface area contributed by atoms with Crippen LogP contribution in [-0.2, 0) is 0 Å². The molecule has 0 aliphatic carbocycles. The number of aryl methyl sites for hydroxylation is 1. The summed E-state index contributed by atoms with van der Waals surface area (Å²) in [6.07, 6.45) is 0. The zero-order valence-electron chi connectivity index (χ0n) is 9.14. The zero-order chi connectivity index (χ0) is 13.3. The molecule has 94 valence electrons. The Morgan fingerprint density at radius 3 is 2.33 bits per heavy atom. The van der Waals surface area contributed by atoms with Gasteiger partial charge >= 0.3 is 0 Å². The Morgan fingerprint density at radius 2 is 1.67 bits per heavy atom. The molecule has 0 aliphatic rings. The Balaban J connectivity index is 2.36. The lowest BCUT2D eigenvalue weighted by Gasteiger charge is -2.08. The van der Waals surface area contributed by atoms with Gasteiger partial charge in [-0.3, -0.25) is 0 Å². The molecule has 18 heavy (non-hydrogen) atoms. The summed E-state index contributed by atoms with van der Waals surface area (Å²) in [6.45, 7) is 1.65. The summed E-state index contributed by atoms with van der Waals surface area (Å²) < 4.78 is 39.6. The van der Waals surface area contributed by atoms with Gasteiger partial charge in [-0.2, -0.15) is 0 Å². The smallest absolute Gasteiger partial charge is 0.161 e. The SMILES string of the molecule is Cc1nc(Br)cc(Nc2cc(F)c(F)cc2F)n1. The van der Waals surface area contributed by atoms with Crippen molar-refractivity contribution in [3.63, 3.8) is 0 Å². The lowest BCUT2D eigenvalue weighted by Crippen LogP contribution is -2.01. The molecule has 0 unspecified atom stereocenters. The first-order chi connectivity index (χ1) is 8.45. The Kier molecular flexibility index (Phi) is 3.51. The molecular weight excluding hydrogens is 311 g/mol. The van der Waals surface area contributed by atoms with Crippen LogP contribution in [0.1, 0.15) is 5.82 Å². The van der Waals surface area contributed by atoms with E-state index in [1.165, 1.54) is 6.07 Å². The Bertz CT molecular complexity index is 584. The van der Waals surface area contributed by atoms with Crippen molar-refractivity contribution in [1.82, 2.24) is 9.97 Å². The van der Waals surface area contributed by atoms with E-state index in [1.54, 1.807) is 6.92 Å². The molecule has 0 radical (unpaired) electrons. The molecular formula is C11H7BrF3N3. The second-order valence-corrected chi connectivity index (χ2v) is 4.31. The summed E-state index contributed by atoms with van der Waals surface area (Å²) in [5.74, 6) is -2.54. The first kappa shape index (κ1) is 12.8. The monoisotopic (exact) mass is 317 g/mol. The average Bonchev–Trinajstić information content (AvgIpc) is 2.24. The number of benzene rings is 1. The number of anilines is 2. The number of hydrogen-bond acceptors (Lipinski definition) is 3. The largest absolute Gasteiger partial charge is 0.338 e. The average molecular weight is 318 g/mol. The van der Waals surface area contributed by atoms with Crippen LogP contribution in [0.2, 0.25) is 0 Å². The van der Waals surface area contributed by atoms with Crippen LogP contribution in [0.25, 0.3) is 0 Å². The predicted octanol–water partition coefficient (Wildman–Crippen LogP) is 3.71. The predicted molar refractivity (Wildman–Crippen MR) is 64.1 cm³/mol. The molecule has 1 aromatic heterocycles. The van der Waals surface area contributed by atoms with Gasteiger partial charge in [0.2, 0.25) is 0 Å². The molecule has 1 heterocycles. The van der Waals surface area contributed by atoms with Gasteiger partial charge in [-0.1, -0.05) is 0 Å². The summed E-state index contributed by atoms with van der Waals surface area (Å²) in [5, 5.41) is 2.56. The molecule has 7 heteroatoms. The lowest BCUT2D eigenvalue weighted by molar-refractivity contribution is 0.496. The minimum absolute atomic E-state index is 0.195. The second-order valence-electron chi connectivity index (χ2n) is 3.49. The van der Waals surface area contributed by atoms with Crippen LogP contribution in [-0.4, -0.2) is 9.97 Å². The molecule has 0 fully saturated rings. The van der Waals surface area contributed by atoms with Crippen LogP contribution in [0.4, 0.5) is 24.7 Å². The van der Waals surface area contributed by atoms with Crippen LogP contribution >= 0.6 is 15.9 Å². The Morgan fingerprint density at radius 1 is 1.00 bits per heavy atom. The second kappa shape index (κ2) is 4.93. The van der Waals surface area contributed by atoms with Crippen molar-refractivity contribution >= 4 is 27.4 Å². The molecule has 2 rings (SSSR count). The standard InChI is InChI=1S/C11H7BrF3N3/c1-5-16-10(12)4-11(17-5)18-9-3-7(14)6(13)2-8(9)15/h2-4H,1H3,(H,16,17,18). The van der Waals surface area contributed by atoms with Crippen molar-refractivity contribution in [3.05, 3.63) is 46.1 Å². The fourth-order valence-electron chi connectivity index (χ4n) is 1.35. The van der Waals surface area contributed by atoms with Gasteiger partial charge < -0.3 is 5.32 Å². The summed E-state index contributed by atoms with van der Waals surface area (Å²) in [4.78, 5) is 7.96. The van der Waals surface area contributed by atoms with E-state index in [2.05, 4.69) is 31.2 Å². The summed E-state index contributed by atoms with van der Waals surface area (Å²) in [7, 11) is 0. The quantitative estimate of drug-likeness (QED) is 0.677. The van der Waals surface area contributed by atoms with Crippen molar-refractivity contribution < 1.29 is 13.2 Å². The van der Waals surface area contributed by atoms with E-state index in [1.807, 2.05) is 0 Å². The highest BCUT2D eigenvalue weighted by atomic mass is 79.9. The molecule has 0 saturated carbocycles. The summed E-state index contributed by atoms with van der Waals surface area (Å²) in [6, 6.07) is 2.70. The van der Waals surface area contributed by atoms with E-state index in [9.17, 15) is 13.2 Å². The van der Waals surface area contributed by atoms with E-state index >= 15 is 0 Å². The van der Waals surface area contributed by atoms with Gasteiger partial charge in [-0.05, 0) is 22.9 Å². The fraction of sp³-hybridized carbons (Fsp3) is 0.0909. The molecule has 3 nitrogen and oxygen atoms in total. The highest BCUT2D eigenvalue weighted by Crippen LogP contribution is 2.23. The van der Waals surface area contributed by atoms with Crippen molar-refractivity contribution in [2.24, 2.45) is 0 Å². The molecule has 0 aliphatic heterocycles. The number of nitrogens with zero attached hydrogens (tertiary/aromatic N) is 2. The molecule has 0 bridgehead atoms. The summed E-state index contributed by atoms with van der Waals surface area (Å²) >= 11 is 3.15. The number of rotatable bonds is 2. The van der Waals surface area contributed by atoms with Crippen LogP contribution in [0.15, 0.2) is 22.8 Å². The Labute approximate surface area is 109 Å². The van der Waals surface area contributed by atoms with Crippen LogP contribution in [0, 0.1) is 24.4 Å². The van der Waals surface area contributed by atoms with E-state index < -0.39 is 17.5 Å².